The van der Waals surface area contributed by atoms with Crippen molar-refractivity contribution in [2.24, 2.45) is 0 Å². The number of rotatable bonds is 4. The van der Waals surface area contributed by atoms with E-state index in [-0.39, 0.29) is 6.61 Å². The number of hydrogen-bond donors (Lipinski definition) is 1. The van der Waals surface area contributed by atoms with Gasteiger partial charge >= 0.3 is 5.97 Å². The lowest BCUT2D eigenvalue weighted by atomic mass is 10.4. The van der Waals surface area contributed by atoms with Crippen molar-refractivity contribution in [3.05, 3.63) is 22.2 Å². The number of aromatic nitrogens is 1. The third kappa shape index (κ3) is 2.93. The first-order chi connectivity index (χ1) is 6.77. The molecule has 0 aliphatic carbocycles. The van der Waals surface area contributed by atoms with Gasteiger partial charge in [0.1, 0.15) is 5.01 Å². The van der Waals surface area contributed by atoms with E-state index in [1.165, 1.54) is 18.4 Å². The number of carbonyl (C=O) groups is 1. The standard InChI is InChI=1S/C9H11NO3S/c1-13-9(12)7-6-14-8(10-7)4-2-3-5-11/h2,4,6,11H,3,5H2,1H3. The smallest absolute Gasteiger partial charge is 0.357 e. The zero-order chi connectivity index (χ0) is 10.4. The van der Waals surface area contributed by atoms with E-state index in [1.54, 1.807) is 17.5 Å². The van der Waals surface area contributed by atoms with Crippen LogP contribution in [0.25, 0.3) is 6.08 Å². The molecule has 76 valence electrons. The summed E-state index contributed by atoms with van der Waals surface area (Å²) in [6, 6.07) is 0. The Bertz CT molecular complexity index is 333. The zero-order valence-corrected chi connectivity index (χ0v) is 8.58. The Kier molecular flexibility index (Phi) is 4.28. The van der Waals surface area contributed by atoms with E-state index in [0.717, 1.165) is 5.01 Å². The van der Waals surface area contributed by atoms with Crippen molar-refractivity contribution in [1.82, 2.24) is 4.98 Å². The highest BCUT2D eigenvalue weighted by Gasteiger charge is 2.08. The number of aliphatic hydroxyl groups excluding tert-OH is 1. The van der Waals surface area contributed by atoms with E-state index in [4.69, 9.17) is 5.11 Å². The maximum absolute atomic E-state index is 11.0. The first-order valence-corrected chi connectivity index (χ1v) is 4.97. The molecule has 1 rings (SSSR count). The molecular formula is C9H11NO3S. The second kappa shape index (κ2) is 5.51. The van der Waals surface area contributed by atoms with Crippen molar-refractivity contribution in [1.29, 1.82) is 0 Å². The average Bonchev–Trinajstić information content (AvgIpc) is 2.66. The van der Waals surface area contributed by atoms with Crippen LogP contribution in [-0.2, 0) is 4.74 Å². The Morgan fingerprint density at radius 3 is 3.21 bits per heavy atom. The van der Waals surface area contributed by atoms with E-state index in [1.807, 2.05) is 0 Å². The number of nitrogens with zero attached hydrogens (tertiary/aromatic N) is 1. The molecule has 0 atom stereocenters. The Hall–Kier alpha value is -1.20. The molecule has 0 saturated heterocycles. The van der Waals surface area contributed by atoms with Gasteiger partial charge in [-0.2, -0.15) is 0 Å². The molecule has 0 radical (unpaired) electrons. The molecule has 0 aliphatic heterocycles. The molecule has 0 fully saturated rings. The van der Waals surface area contributed by atoms with E-state index >= 15 is 0 Å². The minimum atomic E-state index is -0.428. The fourth-order valence-electron chi connectivity index (χ4n) is 0.821. The molecule has 0 amide bonds. The first-order valence-electron chi connectivity index (χ1n) is 4.09. The van der Waals surface area contributed by atoms with Crippen molar-refractivity contribution in [2.45, 2.75) is 6.42 Å². The lowest BCUT2D eigenvalue weighted by Crippen LogP contribution is -2.00. The highest BCUT2D eigenvalue weighted by molar-refractivity contribution is 7.10. The van der Waals surface area contributed by atoms with Gasteiger partial charge in [-0.15, -0.1) is 11.3 Å². The monoisotopic (exact) mass is 213 g/mol. The maximum atomic E-state index is 11.0. The quantitative estimate of drug-likeness (QED) is 0.766. The molecule has 14 heavy (non-hydrogen) atoms. The van der Waals surface area contributed by atoms with Crippen molar-refractivity contribution >= 4 is 23.4 Å². The molecular weight excluding hydrogens is 202 g/mol. The predicted molar refractivity (Wildman–Crippen MR) is 54.2 cm³/mol. The Labute approximate surface area is 85.9 Å². The van der Waals surface area contributed by atoms with Gasteiger partial charge in [-0.1, -0.05) is 6.08 Å². The number of thiazole rings is 1. The minimum Gasteiger partial charge on any atom is -0.464 e. The number of methoxy groups -OCH3 is 1. The van der Waals surface area contributed by atoms with Crippen LogP contribution >= 0.6 is 11.3 Å². The van der Waals surface area contributed by atoms with E-state index in [9.17, 15) is 4.79 Å². The minimum absolute atomic E-state index is 0.117. The summed E-state index contributed by atoms with van der Waals surface area (Å²) in [6.45, 7) is 0.117. The predicted octanol–water partition coefficient (Wildman–Crippen LogP) is 1.33. The lowest BCUT2D eigenvalue weighted by Gasteiger charge is -1.90. The van der Waals surface area contributed by atoms with Gasteiger partial charge in [0.25, 0.3) is 0 Å². The van der Waals surface area contributed by atoms with Gasteiger partial charge in [0.05, 0.1) is 7.11 Å². The van der Waals surface area contributed by atoms with Gasteiger partial charge in [-0.25, -0.2) is 9.78 Å². The van der Waals surface area contributed by atoms with Crippen LogP contribution < -0.4 is 0 Å². The largest absolute Gasteiger partial charge is 0.464 e. The van der Waals surface area contributed by atoms with Gasteiger partial charge in [0.2, 0.25) is 0 Å². The van der Waals surface area contributed by atoms with E-state index < -0.39 is 5.97 Å². The first kappa shape index (κ1) is 10.9. The molecule has 0 saturated carbocycles. The molecule has 5 heteroatoms. The van der Waals surface area contributed by atoms with Crippen LogP contribution in [0, 0.1) is 0 Å². The fourth-order valence-corrected chi connectivity index (χ4v) is 1.53. The van der Waals surface area contributed by atoms with Crippen molar-refractivity contribution in [2.75, 3.05) is 13.7 Å². The Morgan fingerprint density at radius 1 is 1.79 bits per heavy atom. The van der Waals surface area contributed by atoms with Crippen LogP contribution in [0.4, 0.5) is 0 Å². The molecule has 1 heterocycles. The molecule has 0 unspecified atom stereocenters. The summed E-state index contributed by atoms with van der Waals surface area (Å²) in [5, 5.41) is 10.9. The topological polar surface area (TPSA) is 59.4 Å². The fraction of sp³-hybridized carbons (Fsp3) is 0.333. The van der Waals surface area contributed by atoms with Gasteiger partial charge in [0.15, 0.2) is 5.69 Å². The number of carbonyl (C=O) groups excluding carboxylic acids is 1. The number of esters is 1. The number of hydrogen-bond acceptors (Lipinski definition) is 5. The second-order valence-corrected chi connectivity index (χ2v) is 3.37. The summed E-state index contributed by atoms with van der Waals surface area (Å²) in [5.74, 6) is -0.428. The lowest BCUT2D eigenvalue weighted by molar-refractivity contribution is 0.0595. The van der Waals surface area contributed by atoms with E-state index in [0.29, 0.717) is 12.1 Å². The molecule has 0 bridgehead atoms. The van der Waals surface area contributed by atoms with Gasteiger partial charge in [-0.3, -0.25) is 0 Å². The van der Waals surface area contributed by atoms with Crippen molar-refractivity contribution < 1.29 is 14.6 Å². The Morgan fingerprint density at radius 2 is 2.57 bits per heavy atom. The van der Waals surface area contributed by atoms with Crippen LogP contribution in [0.15, 0.2) is 11.5 Å². The molecule has 1 aromatic heterocycles. The SMILES string of the molecule is COC(=O)c1csc(C=CCCO)n1. The second-order valence-electron chi connectivity index (χ2n) is 2.48. The highest BCUT2D eigenvalue weighted by atomic mass is 32.1. The summed E-state index contributed by atoms with van der Waals surface area (Å²) < 4.78 is 4.52. The molecule has 1 aromatic rings. The van der Waals surface area contributed by atoms with Crippen LogP contribution in [-0.4, -0.2) is 29.8 Å². The summed E-state index contributed by atoms with van der Waals surface area (Å²) in [5.41, 5.74) is 0.321. The summed E-state index contributed by atoms with van der Waals surface area (Å²) in [6.07, 6.45) is 4.17. The number of ether oxygens (including phenoxy) is 1. The van der Waals surface area contributed by atoms with Gasteiger partial charge in [0, 0.05) is 12.0 Å². The van der Waals surface area contributed by atoms with Crippen LogP contribution in [0.1, 0.15) is 21.9 Å². The Balaban J connectivity index is 2.63. The van der Waals surface area contributed by atoms with E-state index in [2.05, 4.69) is 9.72 Å². The van der Waals surface area contributed by atoms with Crippen LogP contribution in [0.2, 0.25) is 0 Å². The third-order valence-corrected chi connectivity index (χ3v) is 2.28. The van der Waals surface area contributed by atoms with Gasteiger partial charge < -0.3 is 9.84 Å². The molecule has 1 N–H and O–H groups in total. The van der Waals surface area contributed by atoms with Crippen molar-refractivity contribution in [3.8, 4) is 0 Å². The van der Waals surface area contributed by atoms with Crippen molar-refractivity contribution in [3.63, 3.8) is 0 Å². The van der Waals surface area contributed by atoms with Crippen LogP contribution in [0.5, 0.6) is 0 Å². The summed E-state index contributed by atoms with van der Waals surface area (Å²) >= 11 is 1.36. The van der Waals surface area contributed by atoms with Crippen LogP contribution in [0.3, 0.4) is 0 Å². The molecule has 0 spiro atoms. The molecule has 0 aliphatic rings. The molecule has 4 nitrogen and oxygen atoms in total. The average molecular weight is 213 g/mol. The third-order valence-electron chi connectivity index (χ3n) is 1.47. The summed E-state index contributed by atoms with van der Waals surface area (Å²) in [7, 11) is 1.32. The van der Waals surface area contributed by atoms with Gasteiger partial charge in [-0.05, 0) is 12.5 Å². The molecule has 0 aromatic carbocycles. The highest BCUT2D eigenvalue weighted by Crippen LogP contribution is 2.12. The normalized spacial score (nSPS) is 10.7. The number of aliphatic hydroxyl groups is 1. The summed E-state index contributed by atoms with van der Waals surface area (Å²) in [4.78, 5) is 15.0. The maximum Gasteiger partial charge on any atom is 0.357 e. The zero-order valence-electron chi connectivity index (χ0n) is 7.77.